The van der Waals surface area contributed by atoms with E-state index in [2.05, 4.69) is 0 Å². The third-order valence-electron chi connectivity index (χ3n) is 4.33. The van der Waals surface area contributed by atoms with Crippen LogP contribution in [0, 0.1) is 10.1 Å². The molecule has 28 heavy (non-hydrogen) atoms. The lowest BCUT2D eigenvalue weighted by molar-refractivity contribution is -0.483. The Balaban J connectivity index is 1.69. The maximum absolute atomic E-state index is 12.6. The van der Waals surface area contributed by atoms with Crippen molar-refractivity contribution in [2.75, 3.05) is 5.01 Å². The molecule has 8 heteroatoms. The van der Waals surface area contributed by atoms with Crippen LogP contribution in [0.1, 0.15) is 5.56 Å². The fraction of sp³-hybridized carbons (Fsp3) is 0.0500. The third kappa shape index (κ3) is 3.15. The van der Waals surface area contributed by atoms with E-state index in [1.54, 1.807) is 54.6 Å². The summed E-state index contributed by atoms with van der Waals surface area (Å²) in [6.07, 6.45) is -1.10. The summed E-state index contributed by atoms with van der Waals surface area (Å²) >= 11 is 0. The number of fused-ring (bicyclic) bond motifs is 3. The van der Waals surface area contributed by atoms with E-state index in [1.807, 2.05) is 6.07 Å². The third-order valence-corrected chi connectivity index (χ3v) is 5.84. The standard InChI is InChI=1S/C20H14N2O5S/c23-20(27-13-14-6-2-1-3-7-14)21(22(24)25)15-10-11-19-17(12-15)16-8-4-5-9-18(16)28(19)26/h1-12H,13H2. The predicted molar refractivity (Wildman–Crippen MR) is 106 cm³/mol. The van der Waals surface area contributed by atoms with Crippen LogP contribution in [0.2, 0.25) is 0 Å². The first-order valence-corrected chi connectivity index (χ1v) is 9.51. The second-order valence-electron chi connectivity index (χ2n) is 6.04. The van der Waals surface area contributed by atoms with Crippen LogP contribution in [0.25, 0.3) is 20.2 Å². The number of carbonyl (C=O) groups excluding carboxylic acids is 1. The number of nitro groups is 1. The zero-order chi connectivity index (χ0) is 19.7. The molecule has 0 N–H and O–H groups in total. The minimum atomic E-state index is -1.35. The van der Waals surface area contributed by atoms with Crippen LogP contribution in [0.5, 0.6) is 0 Å². The van der Waals surface area contributed by atoms with Crippen LogP contribution < -0.4 is 5.01 Å². The van der Waals surface area contributed by atoms with Crippen molar-refractivity contribution in [2.45, 2.75) is 6.61 Å². The van der Waals surface area contributed by atoms with Gasteiger partial charge in [-0.1, -0.05) is 42.5 Å². The molecule has 1 atom stereocenters. The molecule has 4 rings (SSSR count). The second kappa shape index (κ2) is 7.26. The Morgan fingerprint density at radius 3 is 2.39 bits per heavy atom. The summed E-state index contributed by atoms with van der Waals surface area (Å²) in [6, 6.07) is 20.5. The van der Waals surface area contributed by atoms with Gasteiger partial charge in [0.25, 0.3) is 0 Å². The summed E-state index contributed by atoms with van der Waals surface area (Å²) in [5.74, 6) is 0. The molecule has 0 bridgehead atoms. The van der Waals surface area contributed by atoms with E-state index in [1.165, 1.54) is 12.1 Å². The number of hydrogen-bond donors (Lipinski definition) is 0. The lowest BCUT2D eigenvalue weighted by Gasteiger charge is -2.12. The highest BCUT2D eigenvalue weighted by molar-refractivity contribution is 7.37. The van der Waals surface area contributed by atoms with Gasteiger partial charge in [0.15, 0.2) is 14.4 Å². The summed E-state index contributed by atoms with van der Waals surface area (Å²) < 4.78 is 18.9. The minimum Gasteiger partial charge on any atom is -0.590 e. The number of amides is 1. The normalized spacial score (nSPS) is 11.5. The van der Waals surface area contributed by atoms with Gasteiger partial charge in [-0.25, -0.2) is 14.9 Å². The average Bonchev–Trinajstić information content (AvgIpc) is 2.99. The molecule has 1 unspecified atom stereocenters. The molecule has 1 amide bonds. The van der Waals surface area contributed by atoms with E-state index in [0.29, 0.717) is 19.8 Å². The zero-order valence-electron chi connectivity index (χ0n) is 14.5. The molecule has 4 aromatic rings. The molecule has 3 aromatic carbocycles. The number of nitrogens with zero attached hydrogens (tertiary/aromatic N) is 2. The van der Waals surface area contributed by atoms with Crippen molar-refractivity contribution in [3.05, 3.63) is 88.5 Å². The van der Waals surface area contributed by atoms with Crippen LogP contribution in [0.4, 0.5) is 10.5 Å². The lowest BCUT2D eigenvalue weighted by atomic mass is 10.1. The van der Waals surface area contributed by atoms with Gasteiger partial charge in [0.1, 0.15) is 12.3 Å². The molecule has 0 aliphatic carbocycles. The lowest BCUT2D eigenvalue weighted by Crippen LogP contribution is -2.36. The summed E-state index contributed by atoms with van der Waals surface area (Å²) in [7, 11) is -1.35. The van der Waals surface area contributed by atoms with Gasteiger partial charge in [0, 0.05) is 21.8 Å². The average molecular weight is 394 g/mol. The van der Waals surface area contributed by atoms with Crippen molar-refractivity contribution < 1.29 is 19.1 Å². The quantitative estimate of drug-likeness (QED) is 0.274. The van der Waals surface area contributed by atoms with E-state index < -0.39 is 21.9 Å². The van der Waals surface area contributed by atoms with Crippen molar-refractivity contribution in [2.24, 2.45) is 0 Å². The molecule has 0 saturated carbocycles. The zero-order valence-corrected chi connectivity index (χ0v) is 15.3. The number of hydrazine groups is 1. The highest BCUT2D eigenvalue weighted by Crippen LogP contribution is 2.41. The number of carbonyl (C=O) groups is 1. The number of anilines is 1. The molecule has 7 nitrogen and oxygen atoms in total. The number of hydrogen-bond acceptors (Lipinski definition) is 5. The smallest absolute Gasteiger partial charge is 0.473 e. The van der Waals surface area contributed by atoms with Gasteiger partial charge in [-0.05, 0) is 40.6 Å². The molecule has 0 aliphatic rings. The van der Waals surface area contributed by atoms with E-state index >= 15 is 0 Å². The number of benzene rings is 3. The van der Waals surface area contributed by atoms with Crippen LogP contribution in [-0.2, 0) is 11.3 Å². The van der Waals surface area contributed by atoms with E-state index in [-0.39, 0.29) is 12.3 Å². The highest BCUT2D eigenvalue weighted by Gasteiger charge is 2.30. The SMILES string of the molecule is O=C(OCc1ccccc1)N(c1ccc2c(c1)c1ccccc1[s+]2[O-])[N+](=O)[O-]. The monoisotopic (exact) mass is 394 g/mol. The summed E-state index contributed by atoms with van der Waals surface area (Å²) in [4.78, 5) is 23.9. The fourth-order valence-corrected chi connectivity index (χ4v) is 4.42. The largest absolute Gasteiger partial charge is 0.590 e. The molecule has 0 saturated heterocycles. The van der Waals surface area contributed by atoms with Crippen molar-refractivity contribution in [1.82, 2.24) is 0 Å². The Bertz CT molecular complexity index is 1190. The first-order valence-electron chi connectivity index (χ1n) is 8.36. The van der Waals surface area contributed by atoms with Crippen molar-refractivity contribution in [3.63, 3.8) is 0 Å². The molecule has 0 fully saturated rings. The number of rotatable bonds is 4. The van der Waals surface area contributed by atoms with Gasteiger partial charge in [0.2, 0.25) is 0 Å². The molecule has 0 radical (unpaired) electrons. The summed E-state index contributed by atoms with van der Waals surface area (Å²) in [6.45, 7) is -0.0815. The fourth-order valence-electron chi connectivity index (χ4n) is 3.04. The Kier molecular flexibility index (Phi) is 4.64. The maximum atomic E-state index is 12.6. The Hall–Kier alpha value is -3.49. The molecule has 0 spiro atoms. The van der Waals surface area contributed by atoms with Gasteiger partial charge < -0.3 is 9.29 Å². The Morgan fingerprint density at radius 1 is 0.964 bits per heavy atom. The number of ether oxygens (including phenoxy) is 1. The van der Waals surface area contributed by atoms with Gasteiger partial charge in [-0.2, -0.15) is 0 Å². The molecular weight excluding hydrogens is 380 g/mol. The maximum Gasteiger partial charge on any atom is 0.473 e. The first kappa shape index (κ1) is 17.9. The van der Waals surface area contributed by atoms with E-state index in [0.717, 1.165) is 10.9 Å². The van der Waals surface area contributed by atoms with Crippen molar-refractivity contribution in [1.29, 1.82) is 0 Å². The minimum absolute atomic E-state index is 0.0375. The highest BCUT2D eigenvalue weighted by atomic mass is 32.2. The van der Waals surface area contributed by atoms with Crippen LogP contribution >= 0.6 is 10.8 Å². The van der Waals surface area contributed by atoms with Crippen molar-refractivity contribution in [3.8, 4) is 0 Å². The second-order valence-corrected chi connectivity index (χ2v) is 7.45. The van der Waals surface area contributed by atoms with E-state index in [4.69, 9.17) is 4.74 Å². The van der Waals surface area contributed by atoms with Crippen LogP contribution in [0.3, 0.4) is 0 Å². The Morgan fingerprint density at radius 2 is 1.64 bits per heavy atom. The van der Waals surface area contributed by atoms with Crippen molar-refractivity contribution >= 4 is 42.7 Å². The first-order chi connectivity index (χ1) is 13.6. The van der Waals surface area contributed by atoms with Gasteiger partial charge in [-0.15, -0.1) is 0 Å². The topological polar surface area (TPSA) is 95.7 Å². The Labute approximate surface area is 162 Å². The molecular formula is C20H14N2O5S. The van der Waals surface area contributed by atoms with Gasteiger partial charge in [-0.3, -0.25) is 0 Å². The molecule has 1 heterocycles. The van der Waals surface area contributed by atoms with Gasteiger partial charge >= 0.3 is 6.09 Å². The number of thiophene rings is 1. The molecule has 140 valence electrons. The summed E-state index contributed by atoms with van der Waals surface area (Å²) in [5, 5.41) is 12.4. The van der Waals surface area contributed by atoms with E-state index in [9.17, 15) is 19.5 Å². The summed E-state index contributed by atoms with van der Waals surface area (Å²) in [5.41, 5.74) is 0.757. The predicted octanol–water partition coefficient (Wildman–Crippen LogP) is 5.06. The van der Waals surface area contributed by atoms with Gasteiger partial charge in [0.05, 0.1) is 0 Å². The molecule has 0 aliphatic heterocycles. The van der Waals surface area contributed by atoms with Crippen LogP contribution in [0.15, 0.2) is 72.8 Å². The molecule has 1 aromatic heterocycles. The van der Waals surface area contributed by atoms with Crippen LogP contribution in [-0.4, -0.2) is 15.7 Å².